The smallest absolute Gasteiger partial charge is 0.335 e. The van der Waals surface area contributed by atoms with E-state index in [1.54, 1.807) is 42.5 Å². The normalized spacial score (nSPS) is 15.2. The van der Waals surface area contributed by atoms with Crippen LogP contribution in [0.1, 0.15) is 21.7 Å². The summed E-state index contributed by atoms with van der Waals surface area (Å²) >= 11 is 12.7. The van der Waals surface area contributed by atoms with Gasteiger partial charge in [-0.3, -0.25) is 14.5 Å². The highest BCUT2D eigenvalue weighted by molar-refractivity contribution is 8.18. The number of aromatic carboxylic acids is 1. The number of carbonyl (C=O) groups excluding carboxylic acids is 2. The minimum atomic E-state index is -1.04. The molecule has 1 aliphatic rings. The first-order chi connectivity index (χ1) is 14.8. The van der Waals surface area contributed by atoms with Crippen LogP contribution in [0, 0.1) is 0 Å². The van der Waals surface area contributed by atoms with Gasteiger partial charge >= 0.3 is 5.97 Å². The van der Waals surface area contributed by atoms with E-state index in [2.05, 4.69) is 0 Å². The van der Waals surface area contributed by atoms with Crippen molar-refractivity contribution in [1.82, 2.24) is 4.90 Å². The van der Waals surface area contributed by atoms with Gasteiger partial charge in [0.05, 0.1) is 27.1 Å². The highest BCUT2D eigenvalue weighted by Gasteiger charge is 2.35. The molecule has 1 aliphatic heterocycles. The Labute approximate surface area is 191 Å². The number of halogens is 2. The van der Waals surface area contributed by atoms with Crippen molar-refractivity contribution in [3.05, 3.63) is 86.4 Å². The maximum atomic E-state index is 12.7. The molecule has 0 bridgehead atoms. The zero-order valence-corrected chi connectivity index (χ0v) is 18.0. The summed E-state index contributed by atoms with van der Waals surface area (Å²) in [4.78, 5) is 37.6. The monoisotopic (exact) mass is 473 g/mol. The van der Waals surface area contributed by atoms with E-state index in [-0.39, 0.29) is 17.0 Å². The molecule has 9 heteroatoms. The van der Waals surface area contributed by atoms with Gasteiger partial charge < -0.3 is 9.52 Å². The van der Waals surface area contributed by atoms with Crippen LogP contribution in [0.5, 0.6) is 0 Å². The van der Waals surface area contributed by atoms with Crippen molar-refractivity contribution >= 4 is 58.2 Å². The molecule has 2 aromatic carbocycles. The second kappa shape index (κ2) is 8.63. The van der Waals surface area contributed by atoms with Gasteiger partial charge in [-0.05, 0) is 53.7 Å². The van der Waals surface area contributed by atoms with E-state index >= 15 is 0 Å². The minimum absolute atomic E-state index is 0.0737. The molecule has 1 N–H and O–H groups in total. The third kappa shape index (κ3) is 4.54. The Hall–Kier alpha value is -3.00. The Morgan fingerprint density at radius 2 is 1.87 bits per heavy atom. The molecule has 0 unspecified atom stereocenters. The summed E-state index contributed by atoms with van der Waals surface area (Å²) in [5, 5.41) is 9.47. The number of rotatable bonds is 5. The molecular formula is C22H13Cl2NO5S. The Morgan fingerprint density at radius 1 is 1.06 bits per heavy atom. The Bertz CT molecular complexity index is 1250. The SMILES string of the molecule is O=C(O)c1cccc(-c2ccc(/C=C3/SC(=O)N(Cc4ccc(Cl)c(Cl)c4)C3=O)o2)c1. The van der Waals surface area contributed by atoms with Gasteiger partial charge in [0.15, 0.2) is 0 Å². The van der Waals surface area contributed by atoms with Crippen LogP contribution < -0.4 is 0 Å². The van der Waals surface area contributed by atoms with E-state index in [0.717, 1.165) is 16.7 Å². The summed E-state index contributed by atoms with van der Waals surface area (Å²) < 4.78 is 5.74. The number of carbonyl (C=O) groups is 3. The molecule has 156 valence electrons. The van der Waals surface area contributed by atoms with E-state index in [1.165, 1.54) is 18.2 Å². The van der Waals surface area contributed by atoms with Crippen molar-refractivity contribution in [2.24, 2.45) is 0 Å². The average Bonchev–Trinajstić information content (AvgIpc) is 3.31. The van der Waals surface area contributed by atoms with Crippen molar-refractivity contribution < 1.29 is 23.9 Å². The van der Waals surface area contributed by atoms with Gasteiger partial charge in [0, 0.05) is 11.6 Å². The van der Waals surface area contributed by atoms with Gasteiger partial charge in [0.1, 0.15) is 11.5 Å². The van der Waals surface area contributed by atoms with Crippen LogP contribution in [0.4, 0.5) is 4.79 Å². The first-order valence-corrected chi connectivity index (χ1v) is 10.5. The standard InChI is InChI=1S/C22H13Cl2NO5S/c23-16-6-4-12(8-17(16)24)11-25-20(26)19(31-22(25)29)10-15-5-7-18(30-15)13-2-1-3-14(9-13)21(27)28/h1-10H,11H2,(H,27,28)/b19-10+. The Morgan fingerprint density at radius 3 is 2.61 bits per heavy atom. The van der Waals surface area contributed by atoms with E-state index < -0.39 is 17.1 Å². The molecule has 0 atom stereocenters. The van der Waals surface area contributed by atoms with Crippen LogP contribution in [0.3, 0.4) is 0 Å². The van der Waals surface area contributed by atoms with Crippen LogP contribution >= 0.6 is 35.0 Å². The molecule has 2 heterocycles. The van der Waals surface area contributed by atoms with Crippen molar-refractivity contribution in [3.63, 3.8) is 0 Å². The molecule has 31 heavy (non-hydrogen) atoms. The molecule has 1 aromatic heterocycles. The van der Waals surface area contributed by atoms with E-state index in [4.69, 9.17) is 32.7 Å². The lowest BCUT2D eigenvalue weighted by Gasteiger charge is -2.12. The highest BCUT2D eigenvalue weighted by Crippen LogP contribution is 2.35. The van der Waals surface area contributed by atoms with Crippen molar-refractivity contribution in [1.29, 1.82) is 0 Å². The summed E-state index contributed by atoms with van der Waals surface area (Å²) in [6, 6.07) is 14.6. The molecule has 0 spiro atoms. The van der Waals surface area contributed by atoms with Crippen molar-refractivity contribution in [3.8, 4) is 11.3 Å². The van der Waals surface area contributed by atoms with Crippen LogP contribution in [0.25, 0.3) is 17.4 Å². The number of carboxylic acid groups (broad SMARTS) is 1. The first-order valence-electron chi connectivity index (χ1n) is 8.94. The molecule has 0 aliphatic carbocycles. The van der Waals surface area contributed by atoms with Crippen molar-refractivity contribution in [2.75, 3.05) is 0 Å². The van der Waals surface area contributed by atoms with Crippen molar-refractivity contribution in [2.45, 2.75) is 6.54 Å². The predicted molar refractivity (Wildman–Crippen MR) is 119 cm³/mol. The summed E-state index contributed by atoms with van der Waals surface area (Å²) in [6.07, 6.45) is 1.49. The quantitative estimate of drug-likeness (QED) is 0.444. The summed E-state index contributed by atoms with van der Waals surface area (Å²) in [6.45, 7) is 0.0737. The summed E-state index contributed by atoms with van der Waals surface area (Å²) in [5.74, 6) is -0.656. The second-order valence-electron chi connectivity index (χ2n) is 6.60. The van der Waals surface area contributed by atoms with Gasteiger partial charge in [0.2, 0.25) is 0 Å². The molecule has 3 aromatic rings. The first kappa shape index (κ1) is 21.2. The van der Waals surface area contributed by atoms with E-state index in [0.29, 0.717) is 32.7 Å². The molecular weight excluding hydrogens is 461 g/mol. The number of hydrogen-bond donors (Lipinski definition) is 1. The molecule has 1 fully saturated rings. The number of nitrogens with zero attached hydrogens (tertiary/aromatic N) is 1. The van der Waals surface area contributed by atoms with Gasteiger partial charge in [-0.15, -0.1) is 0 Å². The lowest BCUT2D eigenvalue weighted by Crippen LogP contribution is -2.27. The summed E-state index contributed by atoms with van der Waals surface area (Å²) in [7, 11) is 0. The number of benzene rings is 2. The van der Waals surface area contributed by atoms with E-state index in [1.807, 2.05) is 0 Å². The number of imide groups is 1. The Balaban J connectivity index is 1.54. The molecule has 4 rings (SSSR count). The molecule has 2 amide bonds. The lowest BCUT2D eigenvalue weighted by atomic mass is 10.1. The maximum Gasteiger partial charge on any atom is 0.335 e. The second-order valence-corrected chi connectivity index (χ2v) is 8.41. The number of amides is 2. The van der Waals surface area contributed by atoms with Gasteiger partial charge in [-0.1, -0.05) is 41.4 Å². The fraction of sp³-hybridized carbons (Fsp3) is 0.0455. The summed E-state index contributed by atoms with van der Waals surface area (Å²) in [5.41, 5.74) is 1.41. The lowest BCUT2D eigenvalue weighted by molar-refractivity contribution is -0.123. The number of thioether (sulfide) groups is 1. The largest absolute Gasteiger partial charge is 0.478 e. The van der Waals surface area contributed by atoms with Crippen LogP contribution in [-0.2, 0) is 11.3 Å². The zero-order valence-electron chi connectivity index (χ0n) is 15.7. The van der Waals surface area contributed by atoms with Gasteiger partial charge in [-0.2, -0.15) is 0 Å². The van der Waals surface area contributed by atoms with Crippen LogP contribution in [0.2, 0.25) is 10.0 Å². The van der Waals surface area contributed by atoms with Crippen LogP contribution in [0.15, 0.2) is 63.9 Å². The fourth-order valence-electron chi connectivity index (χ4n) is 2.98. The number of carboxylic acids is 1. The van der Waals surface area contributed by atoms with Crippen LogP contribution in [-0.4, -0.2) is 27.1 Å². The average molecular weight is 474 g/mol. The third-order valence-corrected chi connectivity index (χ3v) is 6.14. The minimum Gasteiger partial charge on any atom is -0.478 e. The van der Waals surface area contributed by atoms with E-state index in [9.17, 15) is 14.4 Å². The number of hydrogen-bond acceptors (Lipinski definition) is 5. The maximum absolute atomic E-state index is 12.7. The molecule has 1 saturated heterocycles. The fourth-order valence-corrected chi connectivity index (χ4v) is 4.12. The zero-order chi connectivity index (χ0) is 22.1. The predicted octanol–water partition coefficient (Wildman–Crippen LogP) is 6.19. The topological polar surface area (TPSA) is 87.8 Å². The third-order valence-electron chi connectivity index (χ3n) is 4.49. The van der Waals surface area contributed by atoms with Gasteiger partial charge in [0.25, 0.3) is 11.1 Å². The number of furan rings is 1. The Kier molecular flexibility index (Phi) is 5.91. The molecule has 0 saturated carbocycles. The highest BCUT2D eigenvalue weighted by atomic mass is 35.5. The molecule has 6 nitrogen and oxygen atoms in total. The van der Waals surface area contributed by atoms with Gasteiger partial charge in [-0.25, -0.2) is 4.79 Å². The molecule has 0 radical (unpaired) electrons.